The summed E-state index contributed by atoms with van der Waals surface area (Å²) in [6.45, 7) is 1.96. The van der Waals surface area contributed by atoms with Gasteiger partial charge in [0.05, 0.1) is 17.0 Å². The molecular weight excluding hydrogens is 286 g/mol. The number of ether oxygens (including phenoxy) is 1. The van der Waals surface area contributed by atoms with Crippen molar-refractivity contribution in [2.45, 2.75) is 6.42 Å². The lowest BCUT2D eigenvalue weighted by Gasteiger charge is -2.26. The lowest BCUT2D eigenvalue weighted by Crippen LogP contribution is -2.35. The Labute approximate surface area is 127 Å². The van der Waals surface area contributed by atoms with E-state index in [1.54, 1.807) is 19.5 Å². The second-order valence-corrected chi connectivity index (χ2v) is 6.07. The summed E-state index contributed by atoms with van der Waals surface area (Å²) in [7, 11) is 1.68. The first-order chi connectivity index (χ1) is 10.2. The van der Waals surface area contributed by atoms with Crippen LogP contribution in [0.25, 0.3) is 10.1 Å². The number of aromatic nitrogens is 1. The van der Waals surface area contributed by atoms with E-state index in [0.717, 1.165) is 16.5 Å². The first-order valence-corrected chi connectivity index (χ1v) is 7.60. The molecule has 110 valence electrons. The van der Waals surface area contributed by atoms with Crippen LogP contribution in [0.3, 0.4) is 0 Å². The Kier molecular flexibility index (Phi) is 3.90. The van der Waals surface area contributed by atoms with Crippen molar-refractivity contribution in [3.8, 4) is 0 Å². The molecule has 0 fully saturated rings. The molecule has 0 atom stereocenters. The second kappa shape index (κ2) is 5.83. The molecule has 0 saturated heterocycles. The number of rotatable bonds is 3. The molecule has 1 aliphatic heterocycles. The van der Waals surface area contributed by atoms with Gasteiger partial charge in [0.25, 0.3) is 5.91 Å². The van der Waals surface area contributed by atoms with E-state index in [0.29, 0.717) is 30.3 Å². The number of nitrogens with two attached hydrogens (primary N) is 1. The van der Waals surface area contributed by atoms with Crippen LogP contribution in [0.15, 0.2) is 30.1 Å². The number of pyridine rings is 1. The summed E-state index contributed by atoms with van der Waals surface area (Å²) in [6, 6.07) is 1.85. The highest BCUT2D eigenvalue weighted by Gasteiger charge is 2.23. The van der Waals surface area contributed by atoms with E-state index in [-0.39, 0.29) is 5.91 Å². The Morgan fingerprint density at radius 3 is 3.10 bits per heavy atom. The molecule has 2 N–H and O–H groups in total. The monoisotopic (exact) mass is 303 g/mol. The predicted molar refractivity (Wildman–Crippen MR) is 84.5 cm³/mol. The van der Waals surface area contributed by atoms with Gasteiger partial charge in [-0.1, -0.05) is 6.08 Å². The topological polar surface area (TPSA) is 68.5 Å². The summed E-state index contributed by atoms with van der Waals surface area (Å²) in [5, 5.41) is 0.908. The summed E-state index contributed by atoms with van der Waals surface area (Å²) >= 11 is 1.41. The molecule has 3 heterocycles. The normalized spacial score (nSPS) is 15.3. The Morgan fingerprint density at radius 2 is 2.43 bits per heavy atom. The molecule has 2 aromatic rings. The average molecular weight is 303 g/mol. The van der Waals surface area contributed by atoms with E-state index >= 15 is 0 Å². The largest absolute Gasteiger partial charge is 0.397 e. The van der Waals surface area contributed by atoms with Gasteiger partial charge in [-0.15, -0.1) is 11.3 Å². The number of amides is 1. The second-order valence-electron chi connectivity index (χ2n) is 5.01. The number of methoxy groups -OCH3 is 1. The zero-order valence-electron chi connectivity index (χ0n) is 11.8. The number of nitrogen functional groups attached to an aromatic ring is 1. The van der Waals surface area contributed by atoms with Crippen molar-refractivity contribution in [2.75, 3.05) is 32.5 Å². The number of anilines is 1. The summed E-state index contributed by atoms with van der Waals surface area (Å²) in [6.07, 6.45) is 6.36. The predicted octanol–water partition coefficient (Wildman–Crippen LogP) is 2.30. The number of hydrogen-bond acceptors (Lipinski definition) is 5. The van der Waals surface area contributed by atoms with Gasteiger partial charge in [-0.3, -0.25) is 9.78 Å². The maximum Gasteiger partial charge on any atom is 0.266 e. The van der Waals surface area contributed by atoms with E-state index in [2.05, 4.69) is 11.1 Å². The number of carbonyl (C=O) groups excluding carboxylic acids is 1. The van der Waals surface area contributed by atoms with Crippen molar-refractivity contribution in [1.29, 1.82) is 0 Å². The van der Waals surface area contributed by atoms with Crippen molar-refractivity contribution in [1.82, 2.24) is 9.88 Å². The van der Waals surface area contributed by atoms with Crippen LogP contribution in [-0.2, 0) is 4.74 Å². The molecule has 1 aliphatic rings. The van der Waals surface area contributed by atoms with E-state index in [4.69, 9.17) is 10.5 Å². The highest BCUT2D eigenvalue weighted by atomic mass is 32.1. The number of fused-ring (bicyclic) bond motifs is 1. The molecule has 0 bridgehead atoms. The zero-order valence-corrected chi connectivity index (χ0v) is 12.7. The van der Waals surface area contributed by atoms with Gasteiger partial charge in [0.15, 0.2) is 0 Å². The molecule has 0 spiro atoms. The van der Waals surface area contributed by atoms with Gasteiger partial charge in [-0.25, -0.2) is 0 Å². The maximum atomic E-state index is 12.6. The average Bonchev–Trinajstić information content (AvgIpc) is 2.85. The van der Waals surface area contributed by atoms with Crippen molar-refractivity contribution in [3.05, 3.63) is 35.0 Å². The molecule has 21 heavy (non-hydrogen) atoms. The van der Waals surface area contributed by atoms with Crippen molar-refractivity contribution < 1.29 is 9.53 Å². The fourth-order valence-electron chi connectivity index (χ4n) is 2.49. The first kappa shape index (κ1) is 14.0. The molecule has 0 aliphatic carbocycles. The lowest BCUT2D eigenvalue weighted by atomic mass is 10.1. The van der Waals surface area contributed by atoms with Gasteiger partial charge in [0.2, 0.25) is 0 Å². The van der Waals surface area contributed by atoms with Gasteiger partial charge in [0, 0.05) is 38.0 Å². The minimum absolute atomic E-state index is 0.00131. The molecule has 3 rings (SSSR count). The van der Waals surface area contributed by atoms with Crippen LogP contribution in [0.1, 0.15) is 16.1 Å². The summed E-state index contributed by atoms with van der Waals surface area (Å²) in [5.74, 6) is 0.00131. The third-order valence-electron chi connectivity index (χ3n) is 3.65. The highest BCUT2D eigenvalue weighted by molar-refractivity contribution is 7.21. The summed E-state index contributed by atoms with van der Waals surface area (Å²) in [5.41, 5.74) is 7.93. The zero-order chi connectivity index (χ0) is 14.8. The molecule has 0 radical (unpaired) electrons. The van der Waals surface area contributed by atoms with Crippen LogP contribution in [0.4, 0.5) is 5.69 Å². The molecule has 0 unspecified atom stereocenters. The van der Waals surface area contributed by atoms with E-state index in [1.807, 2.05) is 11.0 Å². The van der Waals surface area contributed by atoms with Gasteiger partial charge in [-0.2, -0.15) is 0 Å². The van der Waals surface area contributed by atoms with Gasteiger partial charge in [-0.05, 0) is 18.1 Å². The molecule has 1 amide bonds. The van der Waals surface area contributed by atoms with E-state index in [9.17, 15) is 4.79 Å². The maximum absolute atomic E-state index is 12.6. The van der Waals surface area contributed by atoms with Gasteiger partial charge < -0.3 is 15.4 Å². The van der Waals surface area contributed by atoms with Crippen LogP contribution in [0.5, 0.6) is 0 Å². The van der Waals surface area contributed by atoms with Crippen LogP contribution in [0.2, 0.25) is 0 Å². The van der Waals surface area contributed by atoms with Crippen LogP contribution in [0, 0.1) is 0 Å². The van der Waals surface area contributed by atoms with Crippen LogP contribution < -0.4 is 5.73 Å². The quantitative estimate of drug-likeness (QED) is 0.883. The highest BCUT2D eigenvalue weighted by Crippen LogP contribution is 2.34. The Morgan fingerprint density at radius 1 is 1.57 bits per heavy atom. The minimum Gasteiger partial charge on any atom is -0.397 e. The minimum atomic E-state index is 0.00131. The van der Waals surface area contributed by atoms with Crippen LogP contribution >= 0.6 is 11.3 Å². The molecular formula is C15H17N3O2S. The number of nitrogens with zero attached hydrogens (tertiary/aromatic N) is 2. The molecule has 2 aromatic heterocycles. The van der Waals surface area contributed by atoms with Gasteiger partial charge in [0.1, 0.15) is 4.88 Å². The standard InChI is InChI=1S/C15H17N3O2S/c1-20-9-10-3-6-18(7-4-10)15(19)14-13(16)11-2-5-17-8-12(11)21-14/h2-3,5,8H,4,6-7,9,16H2,1H3. The molecule has 0 saturated carbocycles. The Balaban J connectivity index is 1.83. The number of hydrogen-bond donors (Lipinski definition) is 1. The third kappa shape index (κ3) is 2.64. The van der Waals surface area contributed by atoms with Gasteiger partial charge >= 0.3 is 0 Å². The number of thiophene rings is 1. The Bertz CT molecular complexity index is 708. The summed E-state index contributed by atoms with van der Waals surface area (Å²) in [4.78, 5) is 19.1. The van der Waals surface area contributed by atoms with Crippen LogP contribution in [-0.4, -0.2) is 42.6 Å². The number of carbonyl (C=O) groups is 1. The fourth-order valence-corrected chi connectivity index (χ4v) is 3.54. The van der Waals surface area contributed by atoms with E-state index in [1.165, 1.54) is 16.9 Å². The van der Waals surface area contributed by atoms with Crippen molar-refractivity contribution in [3.63, 3.8) is 0 Å². The molecule has 5 nitrogen and oxygen atoms in total. The first-order valence-electron chi connectivity index (χ1n) is 6.79. The lowest BCUT2D eigenvalue weighted by molar-refractivity contribution is 0.0771. The summed E-state index contributed by atoms with van der Waals surface area (Å²) < 4.78 is 6.07. The SMILES string of the molecule is COCC1=CCN(C(=O)c2sc3cnccc3c2N)CC1. The van der Waals surface area contributed by atoms with Crippen molar-refractivity contribution in [2.24, 2.45) is 0 Å². The third-order valence-corrected chi connectivity index (χ3v) is 4.79. The fraction of sp³-hybridized carbons (Fsp3) is 0.333. The molecule has 0 aromatic carbocycles. The smallest absolute Gasteiger partial charge is 0.266 e. The molecule has 6 heteroatoms. The van der Waals surface area contributed by atoms with E-state index < -0.39 is 0 Å². The Hall–Kier alpha value is -1.92. The van der Waals surface area contributed by atoms with Crippen molar-refractivity contribution >= 4 is 33.0 Å².